The molecule has 0 radical (unpaired) electrons. The van der Waals surface area contributed by atoms with Gasteiger partial charge in [-0.25, -0.2) is 17.5 Å². The van der Waals surface area contributed by atoms with Crippen molar-refractivity contribution in [2.45, 2.75) is 17.9 Å². The zero-order valence-corrected chi connectivity index (χ0v) is 13.4. The van der Waals surface area contributed by atoms with E-state index in [0.29, 0.717) is 4.31 Å². The highest BCUT2D eigenvalue weighted by molar-refractivity contribution is 7.90. The van der Waals surface area contributed by atoms with Crippen LogP contribution in [0.2, 0.25) is 0 Å². The molecule has 1 heterocycles. The number of rotatable bonds is 7. The minimum Gasteiger partial charge on any atom is -0.462 e. The van der Waals surface area contributed by atoms with E-state index in [0.717, 1.165) is 0 Å². The van der Waals surface area contributed by atoms with Crippen molar-refractivity contribution in [1.29, 1.82) is 0 Å². The topological polar surface area (TPSA) is 90.0 Å². The first-order valence-electron chi connectivity index (χ1n) is 6.95. The fourth-order valence-corrected chi connectivity index (χ4v) is 3.63. The van der Waals surface area contributed by atoms with Gasteiger partial charge in [0.2, 0.25) is 0 Å². The van der Waals surface area contributed by atoms with Gasteiger partial charge < -0.3 is 9.47 Å². The second kappa shape index (κ2) is 6.93. The molecule has 1 aliphatic rings. The van der Waals surface area contributed by atoms with E-state index in [4.69, 9.17) is 9.47 Å². The molecule has 8 heteroatoms. The summed E-state index contributed by atoms with van der Waals surface area (Å²) in [5, 5.41) is 0. The maximum absolute atomic E-state index is 12.3. The smallest absolute Gasteiger partial charge is 0.335 e. The zero-order chi connectivity index (χ0) is 17.0. The number of ether oxygens (including phenoxy) is 2. The first kappa shape index (κ1) is 17.2. The molecule has 0 aliphatic carbocycles. The molecule has 0 bridgehead atoms. The quantitative estimate of drug-likeness (QED) is 0.543. The number of hydrogen-bond acceptors (Lipinski definition) is 6. The van der Waals surface area contributed by atoms with Crippen LogP contribution in [0.1, 0.15) is 17.3 Å². The number of carbonyl (C=O) groups excluding carboxylic acids is 2. The normalized spacial score (nSPS) is 16.7. The van der Waals surface area contributed by atoms with Crippen molar-refractivity contribution < 1.29 is 27.5 Å². The molecular formula is C15H17NO6S. The van der Waals surface area contributed by atoms with E-state index in [1.807, 2.05) is 0 Å². The Morgan fingerprint density at radius 3 is 2.74 bits per heavy atom. The predicted octanol–water partition coefficient (Wildman–Crippen LogP) is 0.965. The molecule has 1 aliphatic heterocycles. The molecule has 124 valence electrons. The summed E-state index contributed by atoms with van der Waals surface area (Å²) in [5.74, 6) is -1.25. The molecule has 1 atom stereocenters. The third-order valence-electron chi connectivity index (χ3n) is 3.25. The third kappa shape index (κ3) is 3.43. The largest absolute Gasteiger partial charge is 0.462 e. The summed E-state index contributed by atoms with van der Waals surface area (Å²) >= 11 is 0. The minimum atomic E-state index is -3.88. The van der Waals surface area contributed by atoms with Gasteiger partial charge >= 0.3 is 5.97 Å². The molecule has 1 aromatic carbocycles. The van der Waals surface area contributed by atoms with Crippen molar-refractivity contribution in [3.05, 3.63) is 42.5 Å². The van der Waals surface area contributed by atoms with Crippen LogP contribution in [0.25, 0.3) is 0 Å². The second-order valence-electron chi connectivity index (χ2n) is 4.81. The molecule has 7 nitrogen and oxygen atoms in total. The van der Waals surface area contributed by atoms with Crippen LogP contribution in [-0.4, -0.2) is 50.5 Å². The molecule has 1 amide bonds. The number of fused-ring (bicyclic) bond motifs is 1. The van der Waals surface area contributed by atoms with E-state index in [1.165, 1.54) is 25.1 Å². The first-order chi connectivity index (χ1) is 10.9. The number of benzene rings is 1. The Bertz CT molecular complexity index is 727. The van der Waals surface area contributed by atoms with E-state index in [2.05, 4.69) is 6.58 Å². The number of esters is 1. The Labute approximate surface area is 134 Å². The van der Waals surface area contributed by atoms with Gasteiger partial charge in [-0.2, -0.15) is 0 Å². The number of hydrogen-bond donors (Lipinski definition) is 0. The van der Waals surface area contributed by atoms with Crippen LogP contribution in [0, 0.1) is 0 Å². The van der Waals surface area contributed by atoms with Crippen LogP contribution in [0.4, 0.5) is 0 Å². The summed E-state index contributed by atoms with van der Waals surface area (Å²) in [5.41, 5.74) is 0.126. The van der Waals surface area contributed by atoms with Crippen molar-refractivity contribution in [3.63, 3.8) is 0 Å². The lowest BCUT2D eigenvalue weighted by Gasteiger charge is -2.16. The second-order valence-corrected chi connectivity index (χ2v) is 6.64. The number of nitrogens with zero attached hydrogens (tertiary/aromatic N) is 1. The number of carbonyl (C=O) groups is 2. The molecule has 1 unspecified atom stereocenters. The Morgan fingerprint density at radius 2 is 2.09 bits per heavy atom. The molecule has 1 aromatic rings. The third-order valence-corrected chi connectivity index (χ3v) is 5.09. The summed E-state index contributed by atoms with van der Waals surface area (Å²) in [6.45, 7) is 4.70. The summed E-state index contributed by atoms with van der Waals surface area (Å²) in [6.07, 6.45) is 0.701. The SMILES string of the molecule is C=CCOC(C)C(=O)OCCN1C(=O)c2ccccc2S1(=O)=O. The van der Waals surface area contributed by atoms with Crippen LogP contribution >= 0.6 is 0 Å². The van der Waals surface area contributed by atoms with Gasteiger partial charge in [-0.15, -0.1) is 6.58 Å². The summed E-state index contributed by atoms with van der Waals surface area (Å²) in [7, 11) is -3.88. The monoisotopic (exact) mass is 339 g/mol. The molecule has 0 N–H and O–H groups in total. The van der Waals surface area contributed by atoms with Crippen LogP contribution in [0.3, 0.4) is 0 Å². The van der Waals surface area contributed by atoms with Gasteiger partial charge in [0.25, 0.3) is 15.9 Å². The summed E-state index contributed by atoms with van der Waals surface area (Å²) < 4.78 is 35.3. The summed E-state index contributed by atoms with van der Waals surface area (Å²) in [4.78, 5) is 23.8. The van der Waals surface area contributed by atoms with Gasteiger partial charge in [-0.05, 0) is 19.1 Å². The maximum atomic E-state index is 12.3. The Morgan fingerprint density at radius 1 is 1.39 bits per heavy atom. The molecule has 2 rings (SSSR count). The van der Waals surface area contributed by atoms with Crippen molar-refractivity contribution in [3.8, 4) is 0 Å². The minimum absolute atomic E-state index is 0.0287. The van der Waals surface area contributed by atoms with Crippen molar-refractivity contribution in [2.24, 2.45) is 0 Å². The van der Waals surface area contributed by atoms with Crippen LogP contribution in [0.15, 0.2) is 41.8 Å². The Balaban J connectivity index is 1.96. The highest BCUT2D eigenvalue weighted by atomic mass is 32.2. The highest BCUT2D eigenvalue weighted by Crippen LogP contribution is 2.29. The van der Waals surface area contributed by atoms with E-state index in [1.54, 1.807) is 12.1 Å². The molecular weight excluding hydrogens is 322 g/mol. The van der Waals surface area contributed by atoms with E-state index < -0.39 is 28.0 Å². The van der Waals surface area contributed by atoms with Crippen molar-refractivity contribution in [2.75, 3.05) is 19.8 Å². The van der Waals surface area contributed by atoms with Crippen molar-refractivity contribution in [1.82, 2.24) is 4.31 Å². The average Bonchev–Trinajstić information content (AvgIpc) is 2.73. The molecule has 23 heavy (non-hydrogen) atoms. The van der Waals surface area contributed by atoms with Crippen LogP contribution in [-0.2, 0) is 24.3 Å². The number of sulfonamides is 1. The van der Waals surface area contributed by atoms with Gasteiger partial charge in [-0.1, -0.05) is 18.2 Å². The van der Waals surface area contributed by atoms with E-state index >= 15 is 0 Å². The average molecular weight is 339 g/mol. The van der Waals surface area contributed by atoms with Gasteiger partial charge in [0, 0.05) is 0 Å². The molecule has 0 fully saturated rings. The number of amides is 1. The summed E-state index contributed by atoms with van der Waals surface area (Å²) in [6, 6.07) is 5.96. The molecule has 0 spiro atoms. The first-order valence-corrected chi connectivity index (χ1v) is 8.39. The molecule has 0 saturated carbocycles. The van der Waals surface area contributed by atoms with Gasteiger partial charge in [0.1, 0.15) is 11.5 Å². The Kier molecular flexibility index (Phi) is 5.17. The standard InChI is InChI=1S/C15H17NO6S/c1-3-9-21-11(2)15(18)22-10-8-16-14(17)12-6-4-5-7-13(12)23(16,19)20/h3-7,11H,1,8-10H2,2H3. The maximum Gasteiger partial charge on any atom is 0.335 e. The molecule has 0 saturated heterocycles. The fraction of sp³-hybridized carbons (Fsp3) is 0.333. The van der Waals surface area contributed by atoms with E-state index in [9.17, 15) is 18.0 Å². The van der Waals surface area contributed by atoms with E-state index in [-0.39, 0.29) is 30.2 Å². The van der Waals surface area contributed by atoms with Crippen molar-refractivity contribution >= 4 is 21.9 Å². The predicted molar refractivity (Wildman–Crippen MR) is 81.2 cm³/mol. The Hall–Kier alpha value is -2.19. The van der Waals surface area contributed by atoms with Gasteiger partial charge in [-0.3, -0.25) is 4.79 Å². The lowest BCUT2D eigenvalue weighted by Crippen LogP contribution is -2.34. The van der Waals surface area contributed by atoms with Gasteiger partial charge in [0.05, 0.1) is 18.7 Å². The lowest BCUT2D eigenvalue weighted by molar-refractivity contribution is -0.155. The van der Waals surface area contributed by atoms with Gasteiger partial charge in [0.15, 0.2) is 6.10 Å². The van der Waals surface area contributed by atoms with Crippen LogP contribution < -0.4 is 0 Å². The zero-order valence-electron chi connectivity index (χ0n) is 12.6. The lowest BCUT2D eigenvalue weighted by atomic mass is 10.2. The molecule has 0 aromatic heterocycles. The highest BCUT2D eigenvalue weighted by Gasteiger charge is 2.40. The van der Waals surface area contributed by atoms with Crippen LogP contribution in [0.5, 0.6) is 0 Å². The fourth-order valence-electron chi connectivity index (χ4n) is 2.08.